The number of aliphatic imine (C=N–C) groups is 1. The van der Waals surface area contributed by atoms with Gasteiger partial charge >= 0.3 is 0 Å². The molecule has 1 N–H and O–H groups in total. The lowest BCUT2D eigenvalue weighted by molar-refractivity contribution is -0.125. The predicted molar refractivity (Wildman–Crippen MR) is 54.1 cm³/mol. The molecule has 0 aliphatic carbocycles. The van der Waals surface area contributed by atoms with Crippen molar-refractivity contribution >= 4 is 17.5 Å². The minimum atomic E-state index is -0.371. The fraction of sp³-hybridized carbons (Fsp3) is 0.700. The van der Waals surface area contributed by atoms with E-state index < -0.39 is 0 Å². The third-order valence-corrected chi connectivity index (χ3v) is 2.32. The molecule has 78 valence electrons. The van der Waals surface area contributed by atoms with Crippen molar-refractivity contribution in [2.75, 3.05) is 6.54 Å². The SMILES string of the molecule is CCCCCN=C1C(=O)NC(=O)C1C. The Bertz CT molecular complexity index is 271. The third-order valence-electron chi connectivity index (χ3n) is 2.32. The summed E-state index contributed by atoms with van der Waals surface area (Å²) < 4.78 is 0. The number of nitrogens with one attached hydrogen (secondary N) is 1. The Morgan fingerprint density at radius 3 is 2.57 bits per heavy atom. The molecule has 0 aromatic carbocycles. The molecule has 14 heavy (non-hydrogen) atoms. The monoisotopic (exact) mass is 196 g/mol. The van der Waals surface area contributed by atoms with E-state index in [1.165, 1.54) is 0 Å². The number of hydrogen-bond donors (Lipinski definition) is 1. The molecule has 0 bridgehead atoms. The van der Waals surface area contributed by atoms with Crippen molar-refractivity contribution in [3.8, 4) is 0 Å². The Morgan fingerprint density at radius 1 is 1.36 bits per heavy atom. The summed E-state index contributed by atoms with van der Waals surface area (Å²) in [5.41, 5.74) is 0.395. The van der Waals surface area contributed by atoms with Crippen molar-refractivity contribution in [3.05, 3.63) is 0 Å². The molecule has 0 saturated carbocycles. The van der Waals surface area contributed by atoms with Crippen LogP contribution in [0.15, 0.2) is 4.99 Å². The van der Waals surface area contributed by atoms with Crippen LogP contribution in [0.5, 0.6) is 0 Å². The fourth-order valence-electron chi connectivity index (χ4n) is 1.38. The zero-order valence-electron chi connectivity index (χ0n) is 8.67. The van der Waals surface area contributed by atoms with Gasteiger partial charge in [-0.05, 0) is 13.3 Å². The van der Waals surface area contributed by atoms with Gasteiger partial charge in [0.1, 0.15) is 5.71 Å². The molecule has 1 rings (SSSR count). The summed E-state index contributed by atoms with van der Waals surface area (Å²) >= 11 is 0. The quantitative estimate of drug-likeness (QED) is 0.536. The number of hydrogen-bond acceptors (Lipinski definition) is 3. The van der Waals surface area contributed by atoms with Crippen molar-refractivity contribution in [2.45, 2.75) is 33.1 Å². The Balaban J connectivity index is 2.50. The molecule has 1 fully saturated rings. The molecule has 0 aromatic rings. The number of carbonyl (C=O) groups excluding carboxylic acids is 2. The second kappa shape index (κ2) is 4.88. The molecule has 1 atom stereocenters. The minimum absolute atomic E-state index is 0.232. The van der Waals surface area contributed by atoms with Crippen LogP contribution >= 0.6 is 0 Å². The van der Waals surface area contributed by atoms with Crippen LogP contribution in [0.25, 0.3) is 0 Å². The fourth-order valence-corrected chi connectivity index (χ4v) is 1.38. The van der Waals surface area contributed by atoms with Gasteiger partial charge < -0.3 is 0 Å². The summed E-state index contributed by atoms with van der Waals surface area (Å²) in [6.45, 7) is 4.47. The van der Waals surface area contributed by atoms with E-state index in [9.17, 15) is 9.59 Å². The molecular formula is C10H16N2O2. The van der Waals surface area contributed by atoms with E-state index in [2.05, 4.69) is 17.2 Å². The Hall–Kier alpha value is -1.19. The first-order chi connectivity index (χ1) is 6.66. The van der Waals surface area contributed by atoms with Crippen LogP contribution in [0.4, 0.5) is 0 Å². The van der Waals surface area contributed by atoms with Gasteiger partial charge in [-0.1, -0.05) is 19.8 Å². The van der Waals surface area contributed by atoms with Crippen molar-refractivity contribution in [2.24, 2.45) is 10.9 Å². The molecule has 4 heteroatoms. The van der Waals surface area contributed by atoms with Gasteiger partial charge in [0.2, 0.25) is 5.91 Å². The predicted octanol–water partition coefficient (Wildman–Crippen LogP) is 0.910. The number of nitrogens with zero attached hydrogens (tertiary/aromatic N) is 1. The zero-order chi connectivity index (χ0) is 10.6. The molecule has 0 spiro atoms. The van der Waals surface area contributed by atoms with Crippen molar-refractivity contribution in [1.29, 1.82) is 0 Å². The standard InChI is InChI=1S/C10H16N2O2/c1-3-4-5-6-11-8-7(2)9(13)12-10(8)14/h7H,3-6H2,1-2H3,(H,12,13,14). The lowest BCUT2D eigenvalue weighted by Gasteiger charge is -1.98. The summed E-state index contributed by atoms with van der Waals surface area (Å²) in [6.07, 6.45) is 3.22. The van der Waals surface area contributed by atoms with Gasteiger partial charge in [-0.2, -0.15) is 0 Å². The van der Waals surface area contributed by atoms with Gasteiger partial charge in [-0.25, -0.2) is 0 Å². The minimum Gasteiger partial charge on any atom is -0.291 e. The summed E-state index contributed by atoms with van der Waals surface area (Å²) in [6, 6.07) is 0. The Morgan fingerprint density at radius 2 is 2.07 bits per heavy atom. The topological polar surface area (TPSA) is 58.5 Å². The van der Waals surface area contributed by atoms with Crippen molar-refractivity contribution in [3.63, 3.8) is 0 Å². The van der Waals surface area contributed by atoms with Gasteiger partial charge in [0.15, 0.2) is 0 Å². The van der Waals surface area contributed by atoms with E-state index in [0.717, 1.165) is 19.3 Å². The van der Waals surface area contributed by atoms with Gasteiger partial charge in [0.25, 0.3) is 5.91 Å². The van der Waals surface area contributed by atoms with Crippen molar-refractivity contribution < 1.29 is 9.59 Å². The van der Waals surface area contributed by atoms with Gasteiger partial charge in [0, 0.05) is 6.54 Å². The number of imide groups is 1. The van der Waals surface area contributed by atoms with Crippen LogP contribution < -0.4 is 5.32 Å². The average Bonchev–Trinajstić information content (AvgIpc) is 2.38. The first kappa shape index (κ1) is 10.9. The van der Waals surface area contributed by atoms with E-state index in [1.807, 2.05) is 0 Å². The molecule has 4 nitrogen and oxygen atoms in total. The van der Waals surface area contributed by atoms with Gasteiger partial charge in [-0.3, -0.25) is 19.9 Å². The molecule has 1 aliphatic heterocycles. The highest BCUT2D eigenvalue weighted by Crippen LogP contribution is 2.07. The molecule has 1 aliphatic rings. The maximum absolute atomic E-state index is 11.2. The van der Waals surface area contributed by atoms with Gasteiger partial charge in [0.05, 0.1) is 5.92 Å². The highest BCUT2D eigenvalue weighted by atomic mass is 16.2. The van der Waals surface area contributed by atoms with Crippen LogP contribution in [-0.2, 0) is 9.59 Å². The Kier molecular flexibility index (Phi) is 3.80. The molecule has 1 unspecified atom stereocenters. The maximum atomic E-state index is 11.2. The van der Waals surface area contributed by atoms with E-state index >= 15 is 0 Å². The van der Waals surface area contributed by atoms with Crippen molar-refractivity contribution in [1.82, 2.24) is 5.32 Å². The number of unbranched alkanes of at least 4 members (excludes halogenated alkanes) is 2. The zero-order valence-corrected chi connectivity index (χ0v) is 8.67. The molecule has 2 amide bonds. The highest BCUT2D eigenvalue weighted by Gasteiger charge is 2.33. The summed E-state index contributed by atoms with van der Waals surface area (Å²) in [4.78, 5) is 26.4. The number of rotatable bonds is 4. The summed E-state index contributed by atoms with van der Waals surface area (Å²) in [5, 5.41) is 2.25. The summed E-state index contributed by atoms with van der Waals surface area (Å²) in [7, 11) is 0. The van der Waals surface area contributed by atoms with Crippen LogP contribution in [0.1, 0.15) is 33.1 Å². The van der Waals surface area contributed by atoms with Crippen LogP contribution in [0.3, 0.4) is 0 Å². The normalized spacial score (nSPS) is 24.4. The van der Waals surface area contributed by atoms with Crippen LogP contribution in [-0.4, -0.2) is 24.1 Å². The van der Waals surface area contributed by atoms with E-state index in [4.69, 9.17) is 0 Å². The molecule has 1 heterocycles. The first-order valence-electron chi connectivity index (χ1n) is 5.06. The number of carbonyl (C=O) groups is 2. The third kappa shape index (κ3) is 2.40. The maximum Gasteiger partial charge on any atom is 0.272 e. The molecule has 1 saturated heterocycles. The lowest BCUT2D eigenvalue weighted by atomic mass is 10.1. The van der Waals surface area contributed by atoms with E-state index in [-0.39, 0.29) is 17.7 Å². The lowest BCUT2D eigenvalue weighted by Crippen LogP contribution is -2.22. The van der Waals surface area contributed by atoms with E-state index in [0.29, 0.717) is 12.3 Å². The summed E-state index contributed by atoms with van der Waals surface area (Å²) in [5.74, 6) is -0.924. The molecule has 0 radical (unpaired) electrons. The second-order valence-corrected chi connectivity index (χ2v) is 3.51. The van der Waals surface area contributed by atoms with Crippen LogP contribution in [0, 0.1) is 5.92 Å². The first-order valence-corrected chi connectivity index (χ1v) is 5.06. The highest BCUT2D eigenvalue weighted by molar-refractivity contribution is 6.50. The smallest absolute Gasteiger partial charge is 0.272 e. The molecule has 0 aromatic heterocycles. The molecular weight excluding hydrogens is 180 g/mol. The Labute approximate surface area is 83.8 Å². The van der Waals surface area contributed by atoms with Gasteiger partial charge in [-0.15, -0.1) is 0 Å². The average molecular weight is 196 g/mol. The largest absolute Gasteiger partial charge is 0.291 e. The van der Waals surface area contributed by atoms with E-state index in [1.54, 1.807) is 6.92 Å². The van der Waals surface area contributed by atoms with Crippen LogP contribution in [0.2, 0.25) is 0 Å². The number of amides is 2. The second-order valence-electron chi connectivity index (χ2n) is 3.51.